The molecule has 0 atom stereocenters. The second-order valence-electron chi connectivity index (χ2n) is 2.71. The first-order chi connectivity index (χ1) is 7.09. The van der Waals surface area contributed by atoms with Gasteiger partial charge in [-0.1, -0.05) is 0 Å². The number of hydrogen-bond donors (Lipinski definition) is 0. The van der Waals surface area contributed by atoms with Gasteiger partial charge in [-0.3, -0.25) is 0 Å². The van der Waals surface area contributed by atoms with Crippen LogP contribution in [0.3, 0.4) is 0 Å². The van der Waals surface area contributed by atoms with Crippen molar-refractivity contribution in [2.24, 2.45) is 0 Å². The molecule has 0 aliphatic carbocycles. The standard InChI is InChI=1S/C10H11IO4/c1-8(12)14-11(15-9(2)13)10-6-4-3-5-7-10/h3-7H,1-2H3/p+2. The molecule has 1 aromatic carbocycles. The number of benzene rings is 1. The van der Waals surface area contributed by atoms with Gasteiger partial charge in [-0.15, -0.1) is 0 Å². The molecule has 0 radical (unpaired) electrons. The van der Waals surface area contributed by atoms with Crippen molar-refractivity contribution in [1.29, 1.82) is 0 Å². The van der Waals surface area contributed by atoms with E-state index in [2.05, 4.69) is 0 Å². The van der Waals surface area contributed by atoms with Crippen molar-refractivity contribution in [3.05, 3.63) is 33.9 Å². The molecule has 0 saturated carbocycles. The van der Waals surface area contributed by atoms with Gasteiger partial charge in [0.15, 0.2) is 0 Å². The van der Waals surface area contributed by atoms with Crippen LogP contribution in [-0.4, -0.2) is 21.5 Å². The second-order valence-corrected chi connectivity index (χ2v) is 6.07. The first-order valence-electron chi connectivity index (χ1n) is 4.26. The van der Waals surface area contributed by atoms with Crippen molar-refractivity contribution < 1.29 is 15.7 Å². The van der Waals surface area contributed by atoms with Crippen LogP contribution >= 0.6 is 20.6 Å². The number of rotatable bonds is 3. The van der Waals surface area contributed by atoms with Gasteiger partial charge in [-0.2, -0.15) is 0 Å². The van der Waals surface area contributed by atoms with E-state index < -0.39 is 20.6 Å². The maximum absolute atomic E-state index is 9.06. The fourth-order valence-corrected chi connectivity index (χ4v) is 3.58. The van der Waals surface area contributed by atoms with Crippen molar-refractivity contribution in [3.63, 3.8) is 0 Å². The Bertz CT molecular complexity index is 334. The van der Waals surface area contributed by atoms with E-state index in [1.807, 2.05) is 30.3 Å². The Morgan fingerprint density at radius 3 is 1.87 bits per heavy atom. The third kappa shape index (κ3) is 4.28. The maximum atomic E-state index is 9.06. The Morgan fingerprint density at radius 2 is 1.47 bits per heavy atom. The molecular weight excluding hydrogens is 311 g/mol. The van der Waals surface area contributed by atoms with Gasteiger partial charge in [0.2, 0.25) is 0 Å². The van der Waals surface area contributed by atoms with Crippen molar-refractivity contribution in [2.75, 3.05) is 0 Å². The molecule has 2 N–H and O–H groups in total. The predicted molar refractivity (Wildman–Crippen MR) is 66.6 cm³/mol. The summed E-state index contributed by atoms with van der Waals surface area (Å²) < 4.78 is 11.2. The predicted octanol–water partition coefficient (Wildman–Crippen LogP) is 2.27. The summed E-state index contributed by atoms with van der Waals surface area (Å²) in [5.41, 5.74) is 0. The molecule has 82 valence electrons. The summed E-state index contributed by atoms with van der Waals surface area (Å²) in [6.45, 7) is 2.87. The van der Waals surface area contributed by atoms with E-state index in [9.17, 15) is 0 Å². The summed E-state index contributed by atoms with van der Waals surface area (Å²) in [5.74, 6) is -0.296. The van der Waals surface area contributed by atoms with Crippen LogP contribution in [-0.2, 0) is 6.13 Å². The van der Waals surface area contributed by atoms with Gasteiger partial charge in [0.25, 0.3) is 0 Å². The van der Waals surface area contributed by atoms with Crippen LogP contribution in [0.15, 0.2) is 30.3 Å². The molecule has 1 rings (SSSR count). The number of halogens is 1. The number of hydrogen-bond acceptors (Lipinski definition) is 2. The van der Waals surface area contributed by atoms with Crippen LogP contribution in [0, 0.1) is 3.57 Å². The zero-order valence-electron chi connectivity index (χ0n) is 8.48. The summed E-state index contributed by atoms with van der Waals surface area (Å²) in [6.07, 6.45) is 0. The molecule has 0 heterocycles. The van der Waals surface area contributed by atoms with Gasteiger partial charge in [0.05, 0.1) is 0 Å². The fraction of sp³-hybridized carbons (Fsp3) is 0.200. The van der Waals surface area contributed by atoms with Crippen LogP contribution in [0.1, 0.15) is 13.8 Å². The van der Waals surface area contributed by atoms with E-state index in [0.29, 0.717) is 0 Å². The SMILES string of the molecule is CC(=[OH+])OI(OC(C)=[OH+])c1ccccc1. The Kier molecular flexibility index (Phi) is 4.54. The van der Waals surface area contributed by atoms with Crippen LogP contribution in [0.25, 0.3) is 0 Å². The quantitative estimate of drug-likeness (QED) is 0.632. The first-order valence-corrected chi connectivity index (χ1v) is 7.10. The van der Waals surface area contributed by atoms with E-state index >= 15 is 0 Å². The van der Waals surface area contributed by atoms with Gasteiger partial charge in [-0.05, 0) is 0 Å². The molecule has 5 heteroatoms. The van der Waals surface area contributed by atoms with E-state index in [-0.39, 0.29) is 11.9 Å². The van der Waals surface area contributed by atoms with Crippen LogP contribution < -0.4 is 0 Å². The molecule has 0 bridgehead atoms. The third-order valence-corrected chi connectivity index (χ3v) is 5.09. The molecule has 0 spiro atoms. The summed E-state index contributed by atoms with van der Waals surface area (Å²) in [7, 11) is 0. The van der Waals surface area contributed by atoms with Crippen molar-refractivity contribution in [1.82, 2.24) is 0 Å². The topological polar surface area (TPSA) is 61.3 Å². The van der Waals surface area contributed by atoms with Crippen molar-refractivity contribution in [3.8, 4) is 0 Å². The zero-order chi connectivity index (χ0) is 11.3. The van der Waals surface area contributed by atoms with E-state index in [1.54, 1.807) is 0 Å². The molecular formula is C10H13IO4+2. The van der Waals surface area contributed by atoms with E-state index in [1.165, 1.54) is 13.8 Å². The average molecular weight is 324 g/mol. The molecule has 1 aromatic rings. The third-order valence-electron chi connectivity index (χ3n) is 1.27. The molecule has 0 saturated heterocycles. The van der Waals surface area contributed by atoms with Gasteiger partial charge in [0, 0.05) is 0 Å². The van der Waals surface area contributed by atoms with Gasteiger partial charge in [-0.25, -0.2) is 0 Å². The number of carbonyl (C=O) groups excluding carboxylic acids is 2. The Balaban J connectivity index is 2.81. The molecule has 0 fully saturated rings. The average Bonchev–Trinajstić information content (AvgIpc) is 2.17. The Hall–Kier alpha value is -1.11. The van der Waals surface area contributed by atoms with Crippen molar-refractivity contribution in [2.45, 2.75) is 13.8 Å². The molecule has 0 unspecified atom stereocenters. The van der Waals surface area contributed by atoms with E-state index in [0.717, 1.165) is 3.57 Å². The monoisotopic (exact) mass is 324 g/mol. The summed E-state index contributed by atoms with van der Waals surface area (Å²) >= 11 is -2.47. The van der Waals surface area contributed by atoms with Crippen LogP contribution in [0.4, 0.5) is 0 Å². The molecule has 15 heavy (non-hydrogen) atoms. The van der Waals surface area contributed by atoms with Crippen LogP contribution in [0.5, 0.6) is 0 Å². The zero-order valence-corrected chi connectivity index (χ0v) is 10.6. The molecule has 0 aromatic heterocycles. The second kappa shape index (κ2) is 5.69. The molecule has 0 aliphatic heterocycles. The molecule has 4 nitrogen and oxygen atoms in total. The van der Waals surface area contributed by atoms with E-state index in [4.69, 9.17) is 15.7 Å². The van der Waals surface area contributed by atoms with Crippen LogP contribution in [0.2, 0.25) is 0 Å². The summed E-state index contributed by atoms with van der Waals surface area (Å²) in [6, 6.07) is 9.27. The fourth-order valence-electron chi connectivity index (χ4n) is 0.825. The van der Waals surface area contributed by atoms with Gasteiger partial charge in [0.1, 0.15) is 0 Å². The Morgan fingerprint density at radius 1 is 1.00 bits per heavy atom. The normalized spacial score (nSPS) is 10.4. The summed E-state index contributed by atoms with van der Waals surface area (Å²) in [4.78, 5) is 18.1. The summed E-state index contributed by atoms with van der Waals surface area (Å²) in [5, 5.41) is 0. The minimum absolute atomic E-state index is 0.148. The Labute approximate surface area is 96.1 Å². The van der Waals surface area contributed by atoms with Crippen molar-refractivity contribution >= 4 is 32.6 Å². The minimum atomic E-state index is -2.47. The first kappa shape index (κ1) is 12.0. The van der Waals surface area contributed by atoms with Gasteiger partial charge >= 0.3 is 96.1 Å². The van der Waals surface area contributed by atoms with Gasteiger partial charge < -0.3 is 0 Å². The molecule has 0 amide bonds. The molecule has 0 aliphatic rings.